The van der Waals surface area contributed by atoms with E-state index in [4.69, 9.17) is 4.74 Å². The van der Waals surface area contributed by atoms with E-state index in [2.05, 4.69) is 42.2 Å². The molecule has 0 spiro atoms. The van der Waals surface area contributed by atoms with Crippen LogP contribution in [0.2, 0.25) is 0 Å². The van der Waals surface area contributed by atoms with Crippen molar-refractivity contribution >= 4 is 39.8 Å². The second-order valence-electron chi connectivity index (χ2n) is 8.57. The SMILES string of the molecule is C=CC(=O)Nc1cccc(-c2cc3c(Nc4ccc(Oc5ccn6ncnc6c5)c(C)c4)ncnc3[nH]2)c1. The van der Waals surface area contributed by atoms with Gasteiger partial charge in [-0.2, -0.15) is 5.10 Å². The highest BCUT2D eigenvalue weighted by atomic mass is 16.5. The number of pyridine rings is 1. The van der Waals surface area contributed by atoms with Crippen molar-refractivity contribution in [2.75, 3.05) is 10.6 Å². The maximum Gasteiger partial charge on any atom is 0.247 e. The summed E-state index contributed by atoms with van der Waals surface area (Å²) in [4.78, 5) is 28.1. The smallest absolute Gasteiger partial charge is 0.247 e. The number of anilines is 3. The molecule has 186 valence electrons. The minimum absolute atomic E-state index is 0.265. The molecule has 10 nitrogen and oxygen atoms in total. The molecule has 38 heavy (non-hydrogen) atoms. The molecule has 0 unspecified atom stereocenters. The summed E-state index contributed by atoms with van der Waals surface area (Å²) in [5.41, 5.74) is 5.65. The maximum atomic E-state index is 11.7. The molecule has 0 aliphatic heterocycles. The van der Waals surface area contributed by atoms with Crippen LogP contribution in [0.3, 0.4) is 0 Å². The molecule has 10 heteroatoms. The summed E-state index contributed by atoms with van der Waals surface area (Å²) in [5.74, 6) is 1.82. The average molecular weight is 503 g/mol. The number of ether oxygens (including phenoxy) is 1. The Hall–Kier alpha value is -5.51. The minimum atomic E-state index is -0.265. The molecule has 4 aromatic heterocycles. The van der Waals surface area contributed by atoms with Crippen LogP contribution >= 0.6 is 0 Å². The van der Waals surface area contributed by atoms with E-state index in [1.54, 1.807) is 4.52 Å². The van der Waals surface area contributed by atoms with Gasteiger partial charge in [0.25, 0.3) is 0 Å². The molecule has 6 rings (SSSR count). The highest BCUT2D eigenvalue weighted by Gasteiger charge is 2.12. The number of hydrogen-bond donors (Lipinski definition) is 3. The molecule has 0 atom stereocenters. The number of carbonyl (C=O) groups is 1. The van der Waals surface area contributed by atoms with Gasteiger partial charge in [0.05, 0.1) is 5.39 Å². The molecule has 0 aliphatic carbocycles. The van der Waals surface area contributed by atoms with Crippen molar-refractivity contribution in [2.45, 2.75) is 6.92 Å². The van der Waals surface area contributed by atoms with Crippen molar-refractivity contribution in [2.24, 2.45) is 0 Å². The van der Waals surface area contributed by atoms with Crippen LogP contribution in [-0.4, -0.2) is 35.5 Å². The first-order valence-corrected chi connectivity index (χ1v) is 11.8. The fraction of sp³-hybridized carbons (Fsp3) is 0.0357. The largest absolute Gasteiger partial charge is 0.457 e. The Balaban J connectivity index is 1.24. The first-order valence-electron chi connectivity index (χ1n) is 11.8. The molecule has 0 saturated heterocycles. The predicted octanol–water partition coefficient (Wildman–Crippen LogP) is 5.64. The molecule has 2 aromatic carbocycles. The third-order valence-corrected chi connectivity index (χ3v) is 5.97. The lowest BCUT2D eigenvalue weighted by Gasteiger charge is -2.12. The standard InChI is InChI=1S/C28H22N8O2/c1-3-26(37)33-19-6-4-5-18(12-19)23-14-22-27(30-15-31-28(22)35-23)34-20-7-8-24(17(2)11-20)38-21-9-10-36-25(13-21)29-16-32-36/h3-16H,1H2,2H3,(H,33,37)(H2,30,31,34,35). The van der Waals surface area contributed by atoms with Crippen LogP contribution in [-0.2, 0) is 4.79 Å². The number of carbonyl (C=O) groups excluding carboxylic acids is 1. The van der Waals surface area contributed by atoms with E-state index in [-0.39, 0.29) is 5.91 Å². The van der Waals surface area contributed by atoms with E-state index in [1.807, 2.05) is 73.8 Å². The Bertz CT molecular complexity index is 1820. The Labute approximate surface area is 217 Å². The number of H-pyrrole nitrogens is 1. The van der Waals surface area contributed by atoms with Gasteiger partial charge in [0, 0.05) is 34.9 Å². The van der Waals surface area contributed by atoms with Crippen LogP contribution in [0.5, 0.6) is 11.5 Å². The van der Waals surface area contributed by atoms with Gasteiger partial charge >= 0.3 is 0 Å². The van der Waals surface area contributed by atoms with E-state index in [0.717, 1.165) is 33.6 Å². The lowest BCUT2D eigenvalue weighted by atomic mass is 10.1. The van der Waals surface area contributed by atoms with Crippen molar-refractivity contribution in [3.63, 3.8) is 0 Å². The minimum Gasteiger partial charge on any atom is -0.457 e. The third kappa shape index (κ3) is 4.53. The van der Waals surface area contributed by atoms with Crippen molar-refractivity contribution in [3.05, 3.63) is 97.7 Å². The summed E-state index contributed by atoms with van der Waals surface area (Å²) >= 11 is 0. The molecule has 6 aromatic rings. The summed E-state index contributed by atoms with van der Waals surface area (Å²) in [6.07, 6.45) is 6.06. The summed E-state index contributed by atoms with van der Waals surface area (Å²) in [7, 11) is 0. The first kappa shape index (κ1) is 22.9. The number of fused-ring (bicyclic) bond motifs is 2. The van der Waals surface area contributed by atoms with Gasteiger partial charge < -0.3 is 20.4 Å². The molecule has 0 aliphatic rings. The van der Waals surface area contributed by atoms with Gasteiger partial charge in [-0.1, -0.05) is 18.7 Å². The fourth-order valence-corrected chi connectivity index (χ4v) is 4.12. The molecule has 3 N–H and O–H groups in total. The topological polar surface area (TPSA) is 122 Å². The van der Waals surface area contributed by atoms with Gasteiger partial charge in [-0.3, -0.25) is 4.79 Å². The van der Waals surface area contributed by atoms with Crippen LogP contribution in [0.25, 0.3) is 27.9 Å². The molecule has 0 fully saturated rings. The number of aromatic nitrogens is 6. The van der Waals surface area contributed by atoms with E-state index >= 15 is 0 Å². The van der Waals surface area contributed by atoms with Crippen LogP contribution in [0.1, 0.15) is 5.56 Å². The number of nitrogens with zero attached hydrogens (tertiary/aromatic N) is 5. The Morgan fingerprint density at radius 2 is 1.95 bits per heavy atom. The summed E-state index contributed by atoms with van der Waals surface area (Å²) in [6.45, 7) is 5.48. The number of aromatic amines is 1. The van der Waals surface area contributed by atoms with Gasteiger partial charge in [0.2, 0.25) is 5.91 Å². The molecule has 1 amide bonds. The maximum absolute atomic E-state index is 11.7. The zero-order valence-corrected chi connectivity index (χ0v) is 20.3. The van der Waals surface area contributed by atoms with Crippen LogP contribution in [0.15, 0.2) is 92.2 Å². The van der Waals surface area contributed by atoms with Gasteiger partial charge in [-0.15, -0.1) is 0 Å². The number of amides is 1. The normalized spacial score (nSPS) is 11.0. The fourth-order valence-electron chi connectivity index (χ4n) is 4.12. The first-order chi connectivity index (χ1) is 18.6. The van der Waals surface area contributed by atoms with Gasteiger partial charge in [0.1, 0.15) is 35.6 Å². The quantitative estimate of drug-likeness (QED) is 0.242. The molecule has 0 saturated carbocycles. The highest BCUT2D eigenvalue weighted by molar-refractivity contribution is 5.99. The lowest BCUT2D eigenvalue weighted by molar-refractivity contribution is -0.111. The number of nitrogens with one attached hydrogen (secondary N) is 3. The highest BCUT2D eigenvalue weighted by Crippen LogP contribution is 2.32. The molecule has 0 radical (unpaired) electrons. The summed E-state index contributed by atoms with van der Waals surface area (Å²) in [5, 5.41) is 11.1. The van der Waals surface area contributed by atoms with E-state index in [0.29, 0.717) is 28.5 Å². The molecular weight excluding hydrogens is 480 g/mol. The second-order valence-corrected chi connectivity index (χ2v) is 8.57. The number of benzene rings is 2. The summed E-state index contributed by atoms with van der Waals surface area (Å²) in [6, 6.07) is 19.0. The zero-order chi connectivity index (χ0) is 26.1. The zero-order valence-electron chi connectivity index (χ0n) is 20.3. The van der Waals surface area contributed by atoms with Crippen LogP contribution < -0.4 is 15.4 Å². The van der Waals surface area contributed by atoms with E-state index in [9.17, 15) is 4.79 Å². The van der Waals surface area contributed by atoms with E-state index in [1.165, 1.54) is 18.7 Å². The van der Waals surface area contributed by atoms with Crippen LogP contribution in [0, 0.1) is 6.92 Å². The summed E-state index contributed by atoms with van der Waals surface area (Å²) < 4.78 is 7.76. The van der Waals surface area contributed by atoms with Gasteiger partial charge in [-0.25, -0.2) is 19.5 Å². The Morgan fingerprint density at radius 3 is 2.82 bits per heavy atom. The average Bonchev–Trinajstić information content (AvgIpc) is 3.58. The van der Waals surface area contributed by atoms with Crippen LogP contribution in [0.4, 0.5) is 17.2 Å². The van der Waals surface area contributed by atoms with Crippen molar-refractivity contribution in [3.8, 4) is 22.8 Å². The predicted molar refractivity (Wildman–Crippen MR) is 146 cm³/mol. The monoisotopic (exact) mass is 502 g/mol. The number of rotatable bonds is 7. The number of aryl methyl sites for hydroxylation is 1. The second kappa shape index (κ2) is 9.51. The third-order valence-electron chi connectivity index (χ3n) is 5.97. The van der Waals surface area contributed by atoms with Gasteiger partial charge in [-0.05, 0) is 61.0 Å². The van der Waals surface area contributed by atoms with Gasteiger partial charge in [0.15, 0.2) is 5.65 Å². The molecule has 0 bridgehead atoms. The van der Waals surface area contributed by atoms with Crippen molar-refractivity contribution in [1.82, 2.24) is 29.5 Å². The Kier molecular flexibility index (Phi) is 5.74. The van der Waals surface area contributed by atoms with E-state index < -0.39 is 0 Å². The van der Waals surface area contributed by atoms with Crippen molar-refractivity contribution in [1.29, 1.82) is 0 Å². The van der Waals surface area contributed by atoms with Crippen molar-refractivity contribution < 1.29 is 9.53 Å². The molecule has 4 heterocycles. The Morgan fingerprint density at radius 1 is 1.03 bits per heavy atom. The lowest BCUT2D eigenvalue weighted by Crippen LogP contribution is -2.06. The number of hydrogen-bond acceptors (Lipinski definition) is 7. The molecular formula is C28H22N8O2.